The van der Waals surface area contributed by atoms with Crippen molar-refractivity contribution in [1.82, 2.24) is 0 Å². The van der Waals surface area contributed by atoms with Crippen LogP contribution >= 0.6 is 11.6 Å². The van der Waals surface area contributed by atoms with Crippen LogP contribution in [0.1, 0.15) is 72.1 Å². The predicted octanol–water partition coefficient (Wildman–Crippen LogP) is 3.10. The van der Waals surface area contributed by atoms with Crippen molar-refractivity contribution in [1.29, 1.82) is 0 Å². The van der Waals surface area contributed by atoms with E-state index in [0.29, 0.717) is 38.0 Å². The number of hydrogen-bond donors (Lipinski definition) is 4. The molecule has 6 heteroatoms. The van der Waals surface area contributed by atoms with Gasteiger partial charge in [0.1, 0.15) is 0 Å². The van der Waals surface area contributed by atoms with Crippen molar-refractivity contribution in [3.8, 4) is 0 Å². The molecular weight excluding hydrogens is 404 g/mol. The first-order valence-corrected chi connectivity index (χ1v) is 12.3. The first-order chi connectivity index (χ1) is 14.0. The highest BCUT2D eigenvalue weighted by Gasteiger charge is 2.67. The van der Waals surface area contributed by atoms with Crippen LogP contribution in [0.15, 0.2) is 0 Å². The van der Waals surface area contributed by atoms with Gasteiger partial charge in [-0.1, -0.05) is 20.8 Å². The topological polar surface area (TPSA) is 98.0 Å². The molecule has 1 unspecified atom stereocenters. The summed E-state index contributed by atoms with van der Waals surface area (Å²) in [5.41, 5.74) is -0.667. The second-order valence-electron chi connectivity index (χ2n) is 11.5. The molecule has 0 amide bonds. The second kappa shape index (κ2) is 7.98. The molecule has 0 heterocycles. The van der Waals surface area contributed by atoms with E-state index in [4.69, 9.17) is 11.6 Å². The molecule has 0 spiro atoms. The van der Waals surface area contributed by atoms with Crippen molar-refractivity contribution in [3.63, 3.8) is 0 Å². The van der Waals surface area contributed by atoms with Crippen LogP contribution in [0.4, 0.5) is 0 Å². The average Bonchev–Trinajstić information content (AvgIpc) is 3.01. The van der Waals surface area contributed by atoms with Crippen LogP contribution < -0.4 is 0 Å². The Bertz CT molecular complexity index is 672. The van der Waals surface area contributed by atoms with Gasteiger partial charge in [0.2, 0.25) is 5.24 Å². The third-order valence-electron chi connectivity index (χ3n) is 10.4. The van der Waals surface area contributed by atoms with E-state index in [9.17, 15) is 25.2 Å². The molecule has 0 aromatic carbocycles. The first-order valence-electron chi connectivity index (χ1n) is 11.9. The summed E-state index contributed by atoms with van der Waals surface area (Å²) in [5, 5.41) is 43.7. The van der Waals surface area contributed by atoms with Gasteiger partial charge in [0.25, 0.3) is 0 Å². The molecule has 0 bridgehead atoms. The Morgan fingerprint density at radius 1 is 0.967 bits per heavy atom. The van der Waals surface area contributed by atoms with E-state index >= 15 is 0 Å². The van der Waals surface area contributed by atoms with E-state index in [0.717, 1.165) is 19.3 Å². The number of halogens is 1. The maximum atomic E-state index is 11.5. The van der Waals surface area contributed by atoms with Gasteiger partial charge in [0.05, 0.1) is 24.4 Å². The molecule has 12 atom stereocenters. The molecular formula is C24H39ClO5. The van der Waals surface area contributed by atoms with E-state index < -0.39 is 24.4 Å². The molecule has 0 aromatic rings. The van der Waals surface area contributed by atoms with Crippen LogP contribution in [0.5, 0.6) is 0 Å². The van der Waals surface area contributed by atoms with Crippen molar-refractivity contribution >= 4 is 16.8 Å². The highest BCUT2D eigenvalue weighted by atomic mass is 35.5. The van der Waals surface area contributed by atoms with E-state index in [2.05, 4.69) is 20.8 Å². The van der Waals surface area contributed by atoms with Crippen molar-refractivity contribution in [2.45, 2.75) is 96.6 Å². The van der Waals surface area contributed by atoms with Crippen LogP contribution in [-0.4, -0.2) is 50.1 Å². The highest BCUT2D eigenvalue weighted by Crippen LogP contribution is 2.68. The number of fused-ring (bicyclic) bond motifs is 5. The SMILES string of the molecule is C[C@H](CCC(=O)Cl)[C@H]1CC[C@H]2[C@@H]3[C@H](O)C[C@@H]4C[C@H](O)CC(O)[C@]4(C)[C@H]3C[C@H](O)[C@]12C. The zero-order valence-electron chi connectivity index (χ0n) is 18.5. The molecule has 0 aromatic heterocycles. The summed E-state index contributed by atoms with van der Waals surface area (Å²) in [6.45, 7) is 6.49. The van der Waals surface area contributed by atoms with Gasteiger partial charge in [-0.15, -0.1) is 0 Å². The molecule has 172 valence electrons. The van der Waals surface area contributed by atoms with Gasteiger partial charge >= 0.3 is 0 Å². The Morgan fingerprint density at radius 2 is 1.63 bits per heavy atom. The summed E-state index contributed by atoms with van der Waals surface area (Å²) in [6, 6.07) is 0. The number of aliphatic hydroxyl groups is 4. The Kier molecular flexibility index (Phi) is 6.11. The van der Waals surface area contributed by atoms with Crippen molar-refractivity contribution in [3.05, 3.63) is 0 Å². The number of rotatable bonds is 4. The molecule has 4 N–H and O–H groups in total. The normalized spacial score (nSPS) is 54.1. The lowest BCUT2D eigenvalue weighted by molar-refractivity contribution is -0.234. The van der Waals surface area contributed by atoms with Crippen LogP contribution in [0.2, 0.25) is 0 Å². The minimum atomic E-state index is -0.603. The third kappa shape index (κ3) is 3.30. The largest absolute Gasteiger partial charge is 0.393 e. The van der Waals surface area contributed by atoms with Gasteiger partial charge in [-0.25, -0.2) is 0 Å². The molecule has 4 aliphatic carbocycles. The van der Waals surface area contributed by atoms with E-state index in [1.165, 1.54) is 0 Å². The number of aliphatic hydroxyl groups excluding tert-OH is 4. The Morgan fingerprint density at radius 3 is 2.30 bits per heavy atom. The zero-order chi connectivity index (χ0) is 22.0. The lowest BCUT2D eigenvalue weighted by Gasteiger charge is -2.64. The lowest BCUT2D eigenvalue weighted by Crippen LogP contribution is -2.65. The maximum Gasteiger partial charge on any atom is 0.221 e. The van der Waals surface area contributed by atoms with E-state index in [1.54, 1.807) is 0 Å². The standard InChI is InChI=1S/C24H39ClO5/c1-12(4-7-21(25)30)15-5-6-16-22-17(11-20(29)24(15,16)3)23(2)13(9-18(22)27)8-14(26)10-19(23)28/h12-20,22,26-29H,4-11H2,1-3H3/t12-,13+,14+,15-,16+,17+,18-,19?,20+,22+,23+,24-/m1/s1. The second-order valence-corrected chi connectivity index (χ2v) is 11.9. The maximum absolute atomic E-state index is 11.5. The Labute approximate surface area is 185 Å². The predicted molar refractivity (Wildman–Crippen MR) is 115 cm³/mol. The van der Waals surface area contributed by atoms with Gasteiger partial charge in [0.15, 0.2) is 0 Å². The van der Waals surface area contributed by atoms with E-state index in [-0.39, 0.29) is 45.7 Å². The first kappa shape index (κ1) is 23.0. The third-order valence-corrected chi connectivity index (χ3v) is 10.6. The van der Waals surface area contributed by atoms with Crippen LogP contribution in [0, 0.1) is 46.3 Å². The van der Waals surface area contributed by atoms with Gasteiger partial charge < -0.3 is 20.4 Å². The number of carbonyl (C=O) groups is 1. The molecule has 0 aliphatic heterocycles. The molecule has 0 radical (unpaired) electrons. The monoisotopic (exact) mass is 442 g/mol. The van der Waals surface area contributed by atoms with E-state index in [1.807, 2.05) is 0 Å². The molecule has 30 heavy (non-hydrogen) atoms. The minimum absolute atomic E-state index is 0.0558. The quantitative estimate of drug-likeness (QED) is 0.501. The molecule has 4 saturated carbocycles. The van der Waals surface area contributed by atoms with Crippen LogP contribution in [-0.2, 0) is 4.79 Å². The smallest absolute Gasteiger partial charge is 0.221 e. The zero-order valence-corrected chi connectivity index (χ0v) is 19.3. The fraction of sp³-hybridized carbons (Fsp3) is 0.958. The fourth-order valence-electron chi connectivity index (χ4n) is 8.75. The van der Waals surface area contributed by atoms with Crippen molar-refractivity contribution < 1.29 is 25.2 Å². The van der Waals surface area contributed by atoms with Crippen molar-refractivity contribution in [2.75, 3.05) is 0 Å². The summed E-state index contributed by atoms with van der Waals surface area (Å²) in [7, 11) is 0. The van der Waals surface area contributed by atoms with Crippen LogP contribution in [0.25, 0.3) is 0 Å². The summed E-state index contributed by atoms with van der Waals surface area (Å²) < 4.78 is 0. The summed E-state index contributed by atoms with van der Waals surface area (Å²) >= 11 is 5.58. The number of carbonyl (C=O) groups excluding carboxylic acids is 1. The molecule has 0 saturated heterocycles. The summed E-state index contributed by atoms with van der Waals surface area (Å²) in [5.74, 6) is 0.988. The highest BCUT2D eigenvalue weighted by molar-refractivity contribution is 6.63. The summed E-state index contributed by atoms with van der Waals surface area (Å²) in [4.78, 5) is 11.3. The van der Waals surface area contributed by atoms with Gasteiger partial charge in [-0.05, 0) is 103 Å². The van der Waals surface area contributed by atoms with Gasteiger partial charge in [0, 0.05) is 6.42 Å². The molecule has 5 nitrogen and oxygen atoms in total. The van der Waals surface area contributed by atoms with Crippen molar-refractivity contribution in [2.24, 2.45) is 46.3 Å². The van der Waals surface area contributed by atoms with Gasteiger partial charge in [-0.2, -0.15) is 0 Å². The Hall–Kier alpha value is -0.200. The average molecular weight is 443 g/mol. The van der Waals surface area contributed by atoms with Gasteiger partial charge in [-0.3, -0.25) is 4.79 Å². The fourth-order valence-corrected chi connectivity index (χ4v) is 8.85. The Balaban J connectivity index is 1.63. The molecule has 4 aliphatic rings. The summed E-state index contributed by atoms with van der Waals surface area (Å²) in [6.07, 6.45) is 3.20. The lowest BCUT2D eigenvalue weighted by atomic mass is 9.42. The molecule has 4 rings (SSSR count). The minimum Gasteiger partial charge on any atom is -0.393 e. The number of hydrogen-bond acceptors (Lipinski definition) is 5. The molecule has 4 fully saturated rings. The van der Waals surface area contributed by atoms with Crippen LogP contribution in [0.3, 0.4) is 0 Å².